The number of allylic oxidation sites excluding steroid dienone is 2. The summed E-state index contributed by atoms with van der Waals surface area (Å²) >= 11 is 3.08. The highest BCUT2D eigenvalue weighted by Crippen LogP contribution is 2.36. The van der Waals surface area contributed by atoms with Gasteiger partial charge in [0.15, 0.2) is 0 Å². The molecule has 0 radical (unpaired) electrons. The summed E-state index contributed by atoms with van der Waals surface area (Å²) in [5, 5.41) is 24.5. The number of carbonyl (C=O) groups excluding carboxylic acids is 1. The van der Waals surface area contributed by atoms with Crippen molar-refractivity contribution in [2.24, 2.45) is 5.92 Å². The first-order valence-electron chi connectivity index (χ1n) is 11.5. The molecular formula is C26H39NO4S2. The van der Waals surface area contributed by atoms with Crippen LogP contribution in [0.15, 0.2) is 34.8 Å². The van der Waals surface area contributed by atoms with Gasteiger partial charge in [0, 0.05) is 27.7 Å². The van der Waals surface area contributed by atoms with Crippen molar-refractivity contribution in [3.63, 3.8) is 0 Å². The van der Waals surface area contributed by atoms with Crippen molar-refractivity contribution in [2.75, 3.05) is 0 Å². The lowest BCUT2D eigenvalue weighted by Gasteiger charge is -2.35. The van der Waals surface area contributed by atoms with Gasteiger partial charge in [0.05, 0.1) is 29.3 Å². The van der Waals surface area contributed by atoms with Gasteiger partial charge in [-0.3, -0.25) is 4.79 Å². The van der Waals surface area contributed by atoms with Gasteiger partial charge in [-0.05, 0) is 52.7 Å². The fraction of sp³-hybridized carbons (Fsp3) is 0.615. The van der Waals surface area contributed by atoms with Crippen LogP contribution in [0.25, 0.3) is 6.08 Å². The fourth-order valence-electron chi connectivity index (χ4n) is 3.74. The summed E-state index contributed by atoms with van der Waals surface area (Å²) in [5.41, 5.74) is 2.95. The molecule has 0 saturated carbocycles. The maximum atomic E-state index is 12.8. The maximum Gasteiger partial charge on any atom is 0.309 e. The smallest absolute Gasteiger partial charge is 0.309 e. The molecule has 2 heterocycles. The van der Waals surface area contributed by atoms with Crippen LogP contribution in [-0.4, -0.2) is 49.5 Å². The van der Waals surface area contributed by atoms with E-state index in [1.54, 1.807) is 11.3 Å². The summed E-state index contributed by atoms with van der Waals surface area (Å²) in [6.07, 6.45) is 7.57. The van der Waals surface area contributed by atoms with Crippen molar-refractivity contribution in [1.29, 1.82) is 0 Å². The molecule has 0 amide bonds. The molecule has 2 N–H and O–H groups in total. The van der Waals surface area contributed by atoms with Crippen LogP contribution in [0.3, 0.4) is 0 Å². The minimum atomic E-state index is -0.896. The van der Waals surface area contributed by atoms with E-state index in [1.165, 1.54) is 17.3 Å². The second-order valence-corrected chi connectivity index (χ2v) is 12.7. The molecule has 0 spiro atoms. The Morgan fingerprint density at radius 3 is 2.61 bits per heavy atom. The SMILES string of the molecule is C/C1=C/C[C@@H](/C(C)=C/c2csc(C)n2)OC(=O)C[C@@H](O)C(C)(C)S[C@H](C)[C@@H](O)[C@@H](C)/C=C\C1. The number of aromatic nitrogens is 1. The second-order valence-electron chi connectivity index (χ2n) is 9.57. The zero-order valence-corrected chi connectivity index (χ0v) is 22.5. The van der Waals surface area contributed by atoms with Crippen molar-refractivity contribution < 1.29 is 19.7 Å². The van der Waals surface area contributed by atoms with Crippen LogP contribution in [0.1, 0.15) is 71.5 Å². The van der Waals surface area contributed by atoms with E-state index in [9.17, 15) is 15.0 Å². The van der Waals surface area contributed by atoms with Crippen molar-refractivity contribution in [3.05, 3.63) is 45.5 Å². The van der Waals surface area contributed by atoms with E-state index in [1.807, 2.05) is 53.0 Å². The van der Waals surface area contributed by atoms with Gasteiger partial charge in [0.2, 0.25) is 0 Å². The Morgan fingerprint density at radius 1 is 1.27 bits per heavy atom. The first kappa shape index (κ1) is 27.8. The van der Waals surface area contributed by atoms with Gasteiger partial charge >= 0.3 is 5.97 Å². The lowest BCUT2D eigenvalue weighted by Crippen LogP contribution is -2.40. The van der Waals surface area contributed by atoms with Gasteiger partial charge in [0.25, 0.3) is 0 Å². The van der Waals surface area contributed by atoms with Crippen LogP contribution < -0.4 is 0 Å². The van der Waals surface area contributed by atoms with Crippen molar-refractivity contribution in [2.45, 2.75) is 96.0 Å². The molecule has 0 unspecified atom stereocenters. The number of aliphatic hydroxyl groups excluding tert-OH is 2. The van der Waals surface area contributed by atoms with Crippen molar-refractivity contribution in [3.8, 4) is 0 Å². The van der Waals surface area contributed by atoms with Crippen LogP contribution in [0.2, 0.25) is 0 Å². The normalized spacial score (nSPS) is 33.1. The molecule has 0 saturated heterocycles. The Balaban J connectivity index is 2.31. The molecule has 33 heavy (non-hydrogen) atoms. The van der Waals surface area contributed by atoms with E-state index >= 15 is 0 Å². The van der Waals surface area contributed by atoms with Gasteiger partial charge < -0.3 is 14.9 Å². The molecule has 184 valence electrons. The number of thiazole rings is 1. The summed E-state index contributed by atoms with van der Waals surface area (Å²) in [6, 6.07) is 0. The number of esters is 1. The summed E-state index contributed by atoms with van der Waals surface area (Å²) in [5.74, 6) is -0.436. The highest BCUT2D eigenvalue weighted by Gasteiger charge is 2.35. The van der Waals surface area contributed by atoms with Crippen molar-refractivity contribution in [1.82, 2.24) is 4.98 Å². The molecule has 0 aliphatic carbocycles. The highest BCUT2D eigenvalue weighted by molar-refractivity contribution is 8.01. The number of hydrogen-bond donors (Lipinski definition) is 2. The highest BCUT2D eigenvalue weighted by atomic mass is 32.2. The molecule has 5 nitrogen and oxygen atoms in total. The monoisotopic (exact) mass is 493 g/mol. The third kappa shape index (κ3) is 8.71. The number of nitrogens with zero attached hydrogens (tertiary/aromatic N) is 1. The van der Waals surface area contributed by atoms with Gasteiger partial charge in [-0.2, -0.15) is 0 Å². The lowest BCUT2D eigenvalue weighted by atomic mass is 10.00. The predicted molar refractivity (Wildman–Crippen MR) is 139 cm³/mol. The van der Waals surface area contributed by atoms with Crippen LogP contribution in [-0.2, 0) is 9.53 Å². The first-order valence-corrected chi connectivity index (χ1v) is 13.3. The predicted octanol–water partition coefficient (Wildman–Crippen LogP) is 5.71. The molecule has 7 heteroatoms. The average Bonchev–Trinajstić information content (AvgIpc) is 3.13. The Hall–Kier alpha value is -1.41. The van der Waals surface area contributed by atoms with E-state index in [0.29, 0.717) is 6.42 Å². The average molecular weight is 494 g/mol. The molecular weight excluding hydrogens is 454 g/mol. The third-order valence-electron chi connectivity index (χ3n) is 6.03. The minimum Gasteiger partial charge on any atom is -0.457 e. The second kappa shape index (κ2) is 12.3. The summed E-state index contributed by atoms with van der Waals surface area (Å²) in [4.78, 5) is 17.3. The number of carbonyl (C=O) groups is 1. The van der Waals surface area contributed by atoms with E-state index in [4.69, 9.17) is 4.74 Å². The maximum absolute atomic E-state index is 12.8. The van der Waals surface area contributed by atoms with Crippen molar-refractivity contribution >= 4 is 35.1 Å². The third-order valence-corrected chi connectivity index (χ3v) is 8.35. The molecule has 5 atom stereocenters. The minimum absolute atomic E-state index is 0.00870. The molecule has 0 aromatic carbocycles. The zero-order valence-electron chi connectivity index (χ0n) is 20.9. The van der Waals surface area contributed by atoms with E-state index in [0.717, 1.165) is 22.7 Å². The Kier molecular flexibility index (Phi) is 10.4. The number of hydrogen-bond acceptors (Lipinski definition) is 7. The fourth-order valence-corrected chi connectivity index (χ4v) is 5.89. The molecule has 2 rings (SSSR count). The van der Waals surface area contributed by atoms with Gasteiger partial charge in [-0.25, -0.2) is 4.98 Å². The number of thioether (sulfide) groups is 1. The number of aryl methyl sites for hydroxylation is 1. The topological polar surface area (TPSA) is 79.7 Å². The molecule has 1 aliphatic rings. The molecule has 0 fully saturated rings. The van der Waals surface area contributed by atoms with Crippen LogP contribution in [0.4, 0.5) is 0 Å². The van der Waals surface area contributed by atoms with E-state index in [-0.39, 0.29) is 17.6 Å². The molecule has 1 aliphatic heterocycles. The Morgan fingerprint density at radius 2 is 1.97 bits per heavy atom. The molecule has 0 bridgehead atoms. The number of ether oxygens (including phenoxy) is 1. The van der Waals surface area contributed by atoms with Gasteiger partial charge in [0.1, 0.15) is 6.10 Å². The Labute approximate surface area is 207 Å². The lowest BCUT2D eigenvalue weighted by molar-refractivity contribution is -0.149. The zero-order chi connectivity index (χ0) is 24.8. The largest absolute Gasteiger partial charge is 0.457 e. The van der Waals surface area contributed by atoms with Crippen LogP contribution in [0, 0.1) is 12.8 Å². The number of cyclic esters (lactones) is 1. The van der Waals surface area contributed by atoms with E-state index in [2.05, 4.69) is 30.1 Å². The molecule has 1 aromatic rings. The first-order chi connectivity index (χ1) is 15.4. The van der Waals surface area contributed by atoms with Gasteiger partial charge in [-0.1, -0.05) is 37.6 Å². The quantitative estimate of drug-likeness (QED) is 0.406. The number of rotatable bonds is 2. The summed E-state index contributed by atoms with van der Waals surface area (Å²) < 4.78 is 5.24. The standard InChI is InChI=1S/C26H39NO4S2/c1-16-9-8-10-17(2)25(30)19(4)33-26(6,7)23(28)14-24(29)31-22(12-11-16)18(3)13-21-15-32-20(5)27-21/h8,10-11,13,15,17,19,22-23,25,28,30H,9,12,14H2,1-7H3/b10-8-,16-11-,18-13+/t17-,19+,22-,23+,25-/m0/s1. The van der Waals surface area contributed by atoms with Crippen LogP contribution in [0.5, 0.6) is 0 Å². The summed E-state index contributed by atoms with van der Waals surface area (Å²) in [7, 11) is 0. The molecule has 1 aromatic heterocycles. The summed E-state index contributed by atoms with van der Waals surface area (Å²) in [6.45, 7) is 13.8. The Bertz CT molecular complexity index is 887. The van der Waals surface area contributed by atoms with Gasteiger partial charge in [-0.15, -0.1) is 23.1 Å². The number of aliphatic hydroxyl groups is 2. The van der Waals surface area contributed by atoms with Crippen LogP contribution >= 0.6 is 23.1 Å². The van der Waals surface area contributed by atoms with E-state index < -0.39 is 29.0 Å².